The van der Waals surface area contributed by atoms with Crippen LogP contribution in [0.2, 0.25) is 0 Å². The first-order chi connectivity index (χ1) is 10.5. The summed E-state index contributed by atoms with van der Waals surface area (Å²) in [5.41, 5.74) is 5.50. The summed E-state index contributed by atoms with van der Waals surface area (Å²) in [5.74, 6) is 1.98. The van der Waals surface area contributed by atoms with Crippen molar-refractivity contribution in [1.29, 1.82) is 0 Å². The van der Waals surface area contributed by atoms with Crippen LogP contribution in [0.5, 0.6) is 0 Å². The number of hydrogen-bond acceptors (Lipinski definition) is 4. The molecule has 2 amide bonds. The second kappa shape index (κ2) is 6.40. The molecule has 22 heavy (non-hydrogen) atoms. The quantitative estimate of drug-likeness (QED) is 0.768. The Balaban J connectivity index is 1.60. The van der Waals surface area contributed by atoms with Crippen LogP contribution < -0.4 is 5.73 Å². The lowest BCUT2D eigenvalue weighted by Gasteiger charge is -2.47. The van der Waals surface area contributed by atoms with Gasteiger partial charge in [0.15, 0.2) is 0 Å². The number of carbonyl (C=O) groups is 2. The number of thioether (sulfide) groups is 1. The van der Waals surface area contributed by atoms with E-state index >= 15 is 0 Å². The van der Waals surface area contributed by atoms with Crippen molar-refractivity contribution in [3.63, 3.8) is 0 Å². The minimum atomic E-state index is -0.560. The summed E-state index contributed by atoms with van der Waals surface area (Å²) in [4.78, 5) is 28.7. The Kier molecular flexibility index (Phi) is 4.69. The molecule has 2 heterocycles. The maximum Gasteiger partial charge on any atom is 0.242 e. The normalized spacial score (nSPS) is 30.2. The average Bonchev–Trinajstić information content (AvgIpc) is 3.27. The standard InChI is InChI=1S/C16H27N3O2S/c1-22-10-2-8-19-13-5-9-18(15(21)16(17)6-7-16)11-12(13)3-4-14(19)20/h12-13H,2-11,17H2,1H3/t12-,13+/m0/s1. The second-order valence-corrected chi connectivity index (χ2v) is 7.98. The third-order valence-electron chi connectivity index (χ3n) is 5.39. The van der Waals surface area contributed by atoms with Gasteiger partial charge in [0, 0.05) is 32.1 Å². The molecule has 2 atom stereocenters. The fraction of sp³-hybridized carbons (Fsp3) is 0.875. The minimum absolute atomic E-state index is 0.136. The van der Waals surface area contributed by atoms with E-state index in [1.54, 1.807) is 0 Å². The fourth-order valence-corrected chi connectivity index (χ4v) is 4.29. The van der Waals surface area contributed by atoms with E-state index in [1.807, 2.05) is 16.7 Å². The van der Waals surface area contributed by atoms with Crippen molar-refractivity contribution < 1.29 is 9.59 Å². The van der Waals surface area contributed by atoms with Gasteiger partial charge in [0.05, 0.1) is 5.54 Å². The van der Waals surface area contributed by atoms with Crippen LogP contribution in [-0.4, -0.2) is 64.8 Å². The Bertz CT molecular complexity index is 453. The van der Waals surface area contributed by atoms with Crippen LogP contribution in [-0.2, 0) is 9.59 Å². The molecule has 3 fully saturated rings. The molecular weight excluding hydrogens is 298 g/mol. The van der Waals surface area contributed by atoms with Gasteiger partial charge in [0.25, 0.3) is 0 Å². The molecule has 2 aliphatic heterocycles. The van der Waals surface area contributed by atoms with E-state index in [-0.39, 0.29) is 5.91 Å². The highest BCUT2D eigenvalue weighted by molar-refractivity contribution is 7.98. The largest absolute Gasteiger partial charge is 0.341 e. The summed E-state index contributed by atoms with van der Waals surface area (Å²) in [7, 11) is 0. The summed E-state index contributed by atoms with van der Waals surface area (Å²) in [6, 6.07) is 0.333. The molecule has 2 N–H and O–H groups in total. The average molecular weight is 325 g/mol. The van der Waals surface area contributed by atoms with E-state index in [0.717, 1.165) is 57.5 Å². The number of nitrogens with zero attached hydrogens (tertiary/aromatic N) is 2. The first-order valence-electron chi connectivity index (χ1n) is 8.42. The Morgan fingerprint density at radius 3 is 2.86 bits per heavy atom. The SMILES string of the molecule is CSCCCN1C(=O)CC[C@H]2CN(C(=O)C3(N)CC3)CC[C@H]21. The van der Waals surface area contributed by atoms with Crippen LogP contribution in [0.25, 0.3) is 0 Å². The highest BCUT2D eigenvalue weighted by atomic mass is 32.2. The van der Waals surface area contributed by atoms with Crippen LogP contribution >= 0.6 is 11.8 Å². The van der Waals surface area contributed by atoms with Crippen LogP contribution in [0.4, 0.5) is 0 Å². The molecule has 1 saturated carbocycles. The first-order valence-corrected chi connectivity index (χ1v) is 9.81. The van der Waals surface area contributed by atoms with Gasteiger partial charge in [-0.3, -0.25) is 9.59 Å². The molecule has 3 rings (SSSR count). The zero-order valence-electron chi connectivity index (χ0n) is 13.4. The van der Waals surface area contributed by atoms with Gasteiger partial charge >= 0.3 is 0 Å². The third-order valence-corrected chi connectivity index (χ3v) is 6.09. The van der Waals surface area contributed by atoms with Gasteiger partial charge in [0.1, 0.15) is 0 Å². The number of piperidine rings is 2. The number of carbonyl (C=O) groups excluding carboxylic acids is 2. The van der Waals surface area contributed by atoms with Gasteiger partial charge < -0.3 is 15.5 Å². The monoisotopic (exact) mass is 325 g/mol. The Morgan fingerprint density at radius 1 is 1.41 bits per heavy atom. The van der Waals surface area contributed by atoms with E-state index in [2.05, 4.69) is 11.2 Å². The molecular formula is C16H27N3O2S. The number of hydrogen-bond donors (Lipinski definition) is 1. The lowest BCUT2D eigenvalue weighted by molar-refractivity contribution is -0.145. The van der Waals surface area contributed by atoms with Crippen LogP contribution in [0.15, 0.2) is 0 Å². The second-order valence-electron chi connectivity index (χ2n) is 7.00. The zero-order valence-corrected chi connectivity index (χ0v) is 14.2. The molecule has 1 aliphatic carbocycles. The third kappa shape index (κ3) is 3.13. The summed E-state index contributed by atoms with van der Waals surface area (Å²) in [5, 5.41) is 0. The van der Waals surface area contributed by atoms with E-state index in [0.29, 0.717) is 24.3 Å². The number of amides is 2. The Hall–Kier alpha value is -0.750. The van der Waals surface area contributed by atoms with Gasteiger partial charge in [-0.1, -0.05) is 0 Å². The summed E-state index contributed by atoms with van der Waals surface area (Å²) < 4.78 is 0. The zero-order chi connectivity index (χ0) is 15.7. The molecule has 0 spiro atoms. The van der Waals surface area contributed by atoms with Crippen LogP contribution in [0.1, 0.15) is 38.5 Å². The molecule has 6 heteroatoms. The van der Waals surface area contributed by atoms with Crippen molar-refractivity contribution in [3.05, 3.63) is 0 Å². The molecule has 0 bridgehead atoms. The number of rotatable bonds is 5. The number of nitrogens with two attached hydrogens (primary N) is 1. The summed E-state index contributed by atoms with van der Waals surface area (Å²) in [6.07, 6.45) is 7.29. The predicted octanol–water partition coefficient (Wildman–Crippen LogP) is 1.07. The van der Waals surface area contributed by atoms with Crippen molar-refractivity contribution in [3.8, 4) is 0 Å². The molecule has 5 nitrogen and oxygen atoms in total. The van der Waals surface area contributed by atoms with Gasteiger partial charge in [0.2, 0.25) is 11.8 Å². The smallest absolute Gasteiger partial charge is 0.242 e. The van der Waals surface area contributed by atoms with Gasteiger partial charge in [-0.2, -0.15) is 11.8 Å². The topological polar surface area (TPSA) is 66.6 Å². The molecule has 0 unspecified atom stereocenters. The molecule has 0 aromatic carbocycles. The number of fused-ring (bicyclic) bond motifs is 1. The highest BCUT2D eigenvalue weighted by Gasteiger charge is 2.50. The van der Waals surface area contributed by atoms with Gasteiger partial charge in [-0.25, -0.2) is 0 Å². The summed E-state index contributed by atoms with van der Waals surface area (Å²) in [6.45, 7) is 2.41. The van der Waals surface area contributed by atoms with E-state index in [1.165, 1.54) is 0 Å². The minimum Gasteiger partial charge on any atom is -0.341 e. The van der Waals surface area contributed by atoms with Crippen molar-refractivity contribution in [2.24, 2.45) is 11.7 Å². The van der Waals surface area contributed by atoms with Crippen LogP contribution in [0.3, 0.4) is 0 Å². The molecule has 0 aromatic rings. The van der Waals surface area contributed by atoms with E-state index in [9.17, 15) is 9.59 Å². The Morgan fingerprint density at radius 2 is 2.18 bits per heavy atom. The molecule has 0 radical (unpaired) electrons. The lowest BCUT2D eigenvalue weighted by atomic mass is 9.83. The molecule has 3 aliphatic rings. The molecule has 124 valence electrons. The first kappa shape index (κ1) is 16.1. The van der Waals surface area contributed by atoms with Crippen molar-refractivity contribution in [2.75, 3.05) is 31.6 Å². The van der Waals surface area contributed by atoms with E-state index in [4.69, 9.17) is 5.73 Å². The predicted molar refractivity (Wildman–Crippen MR) is 88.6 cm³/mol. The van der Waals surface area contributed by atoms with Crippen LogP contribution in [0, 0.1) is 5.92 Å². The van der Waals surface area contributed by atoms with Gasteiger partial charge in [-0.05, 0) is 50.0 Å². The van der Waals surface area contributed by atoms with E-state index < -0.39 is 5.54 Å². The maximum atomic E-state index is 12.4. The van der Waals surface area contributed by atoms with Gasteiger partial charge in [-0.15, -0.1) is 0 Å². The van der Waals surface area contributed by atoms with Crippen molar-refractivity contribution in [2.45, 2.75) is 50.1 Å². The van der Waals surface area contributed by atoms with Crippen molar-refractivity contribution in [1.82, 2.24) is 9.80 Å². The fourth-order valence-electron chi connectivity index (χ4n) is 3.87. The van der Waals surface area contributed by atoms with Crippen molar-refractivity contribution >= 4 is 23.6 Å². The Labute approximate surface area is 137 Å². The highest BCUT2D eigenvalue weighted by Crippen LogP contribution is 2.37. The lowest BCUT2D eigenvalue weighted by Crippen LogP contribution is -2.59. The maximum absolute atomic E-state index is 12.4. The number of likely N-dealkylation sites (tertiary alicyclic amines) is 2. The summed E-state index contributed by atoms with van der Waals surface area (Å²) >= 11 is 1.83. The molecule has 0 aromatic heterocycles. The molecule has 2 saturated heterocycles.